The smallest absolute Gasteiger partial charge is 0.253 e. The summed E-state index contributed by atoms with van der Waals surface area (Å²) in [6.45, 7) is 4.59. The van der Waals surface area contributed by atoms with E-state index in [1.807, 2.05) is 13.8 Å². The van der Waals surface area contributed by atoms with Gasteiger partial charge in [0.15, 0.2) is 0 Å². The summed E-state index contributed by atoms with van der Waals surface area (Å²) in [6.07, 6.45) is 3.04. The number of pyridine rings is 1. The van der Waals surface area contributed by atoms with Crippen LogP contribution < -0.4 is 10.6 Å². The van der Waals surface area contributed by atoms with Crippen molar-refractivity contribution in [2.45, 2.75) is 13.8 Å². The van der Waals surface area contributed by atoms with Crippen molar-refractivity contribution >= 4 is 27.7 Å². The molecule has 0 spiro atoms. The lowest BCUT2D eigenvalue weighted by molar-refractivity contribution is -0.120. The average molecular weight is 314 g/mol. The Morgan fingerprint density at radius 1 is 1.33 bits per heavy atom. The molecule has 0 saturated heterocycles. The van der Waals surface area contributed by atoms with Gasteiger partial charge in [-0.2, -0.15) is 0 Å². The van der Waals surface area contributed by atoms with Crippen molar-refractivity contribution in [2.24, 2.45) is 5.92 Å². The SMILES string of the molecule is CC(C)CNC(=O)CNC(=O)c1cncc(Br)c1. The van der Waals surface area contributed by atoms with E-state index in [9.17, 15) is 9.59 Å². The second-order valence-corrected chi connectivity index (χ2v) is 5.19. The van der Waals surface area contributed by atoms with Crippen LogP contribution in [0.25, 0.3) is 0 Å². The number of nitrogens with zero attached hydrogens (tertiary/aromatic N) is 1. The molecule has 0 aliphatic carbocycles. The minimum absolute atomic E-state index is 0.0297. The zero-order valence-electron chi connectivity index (χ0n) is 10.4. The molecule has 18 heavy (non-hydrogen) atoms. The van der Waals surface area contributed by atoms with Crippen molar-refractivity contribution in [3.63, 3.8) is 0 Å². The Hall–Kier alpha value is -1.43. The van der Waals surface area contributed by atoms with Gasteiger partial charge in [-0.05, 0) is 27.9 Å². The maximum atomic E-state index is 11.7. The highest BCUT2D eigenvalue weighted by molar-refractivity contribution is 9.10. The van der Waals surface area contributed by atoms with E-state index in [0.29, 0.717) is 18.0 Å². The van der Waals surface area contributed by atoms with Gasteiger partial charge in [-0.1, -0.05) is 13.8 Å². The van der Waals surface area contributed by atoms with E-state index in [-0.39, 0.29) is 18.4 Å². The van der Waals surface area contributed by atoms with Gasteiger partial charge in [0.25, 0.3) is 5.91 Å². The fraction of sp³-hybridized carbons (Fsp3) is 0.417. The van der Waals surface area contributed by atoms with Crippen LogP contribution in [0.2, 0.25) is 0 Å². The molecule has 0 bridgehead atoms. The maximum Gasteiger partial charge on any atom is 0.253 e. The maximum absolute atomic E-state index is 11.7. The number of hydrogen-bond donors (Lipinski definition) is 2. The van der Waals surface area contributed by atoms with E-state index in [0.717, 1.165) is 4.47 Å². The number of hydrogen-bond acceptors (Lipinski definition) is 3. The molecule has 5 nitrogen and oxygen atoms in total. The summed E-state index contributed by atoms with van der Waals surface area (Å²) in [5.41, 5.74) is 0.418. The van der Waals surface area contributed by atoms with Gasteiger partial charge in [0, 0.05) is 23.4 Å². The number of amides is 2. The van der Waals surface area contributed by atoms with Gasteiger partial charge >= 0.3 is 0 Å². The molecule has 1 aromatic rings. The van der Waals surface area contributed by atoms with E-state index < -0.39 is 0 Å². The number of aromatic nitrogens is 1. The van der Waals surface area contributed by atoms with E-state index in [2.05, 4.69) is 31.5 Å². The highest BCUT2D eigenvalue weighted by Crippen LogP contribution is 2.09. The number of rotatable bonds is 5. The van der Waals surface area contributed by atoms with Crippen LogP contribution in [0.4, 0.5) is 0 Å². The number of halogens is 1. The largest absolute Gasteiger partial charge is 0.354 e. The third kappa shape index (κ3) is 5.27. The fourth-order valence-electron chi connectivity index (χ4n) is 1.18. The van der Waals surface area contributed by atoms with Gasteiger partial charge in [-0.25, -0.2) is 0 Å². The lowest BCUT2D eigenvalue weighted by Crippen LogP contribution is -2.38. The fourth-order valence-corrected chi connectivity index (χ4v) is 1.54. The molecule has 0 aliphatic heterocycles. The molecular formula is C12H16BrN3O2. The summed E-state index contributed by atoms with van der Waals surface area (Å²) < 4.78 is 0.722. The van der Waals surface area contributed by atoms with Crippen LogP contribution in [0.5, 0.6) is 0 Å². The Labute approximate surface area is 114 Å². The molecule has 0 saturated carbocycles. The van der Waals surface area contributed by atoms with Gasteiger partial charge in [-0.3, -0.25) is 14.6 Å². The summed E-state index contributed by atoms with van der Waals surface area (Å²) in [5.74, 6) is -0.123. The summed E-state index contributed by atoms with van der Waals surface area (Å²) in [4.78, 5) is 27.0. The highest BCUT2D eigenvalue weighted by Gasteiger charge is 2.08. The number of carbonyl (C=O) groups excluding carboxylic acids is 2. The van der Waals surface area contributed by atoms with Gasteiger partial charge in [-0.15, -0.1) is 0 Å². The predicted molar refractivity (Wildman–Crippen MR) is 72.1 cm³/mol. The van der Waals surface area contributed by atoms with Crippen molar-refractivity contribution in [3.05, 3.63) is 28.5 Å². The second kappa shape index (κ2) is 7.10. The molecule has 0 atom stereocenters. The van der Waals surface area contributed by atoms with Crippen LogP contribution in [-0.4, -0.2) is 29.9 Å². The summed E-state index contributed by atoms with van der Waals surface area (Å²) >= 11 is 3.23. The quantitative estimate of drug-likeness (QED) is 0.862. The molecule has 1 heterocycles. The Morgan fingerprint density at radius 3 is 2.67 bits per heavy atom. The minimum Gasteiger partial charge on any atom is -0.354 e. The van der Waals surface area contributed by atoms with Gasteiger partial charge in [0.2, 0.25) is 5.91 Å². The molecule has 1 rings (SSSR count). The predicted octanol–water partition coefficient (Wildman–Crippen LogP) is 1.35. The van der Waals surface area contributed by atoms with Crippen LogP contribution in [0.1, 0.15) is 24.2 Å². The molecule has 1 aromatic heterocycles. The standard InChI is InChI=1S/C12H16BrN3O2/c1-8(2)4-15-11(17)7-16-12(18)9-3-10(13)6-14-5-9/h3,5-6,8H,4,7H2,1-2H3,(H,15,17)(H,16,18). The first-order valence-electron chi connectivity index (χ1n) is 5.64. The molecule has 0 aromatic carbocycles. The molecular weight excluding hydrogens is 298 g/mol. The minimum atomic E-state index is -0.316. The van der Waals surface area contributed by atoms with Crippen LogP contribution in [-0.2, 0) is 4.79 Å². The Morgan fingerprint density at radius 2 is 2.06 bits per heavy atom. The molecule has 2 amide bonds. The molecule has 6 heteroatoms. The number of nitrogens with one attached hydrogen (secondary N) is 2. The molecule has 98 valence electrons. The summed E-state index contributed by atoms with van der Waals surface area (Å²) in [7, 11) is 0. The molecule has 0 radical (unpaired) electrons. The second-order valence-electron chi connectivity index (χ2n) is 4.27. The Balaban J connectivity index is 2.39. The summed E-state index contributed by atoms with van der Waals surface area (Å²) in [5, 5.41) is 5.26. The van der Waals surface area contributed by atoms with Crippen molar-refractivity contribution in [2.75, 3.05) is 13.1 Å². The molecule has 0 aliphatic rings. The zero-order chi connectivity index (χ0) is 13.5. The first-order valence-corrected chi connectivity index (χ1v) is 6.43. The van der Waals surface area contributed by atoms with Crippen molar-refractivity contribution in [3.8, 4) is 0 Å². The normalized spacial score (nSPS) is 10.2. The molecule has 2 N–H and O–H groups in total. The van der Waals surface area contributed by atoms with Gasteiger partial charge in [0.05, 0.1) is 12.1 Å². The van der Waals surface area contributed by atoms with Crippen LogP contribution in [0, 0.1) is 5.92 Å². The summed E-state index contributed by atoms with van der Waals surface area (Å²) in [6, 6.07) is 1.65. The highest BCUT2D eigenvalue weighted by atomic mass is 79.9. The van der Waals surface area contributed by atoms with E-state index in [1.165, 1.54) is 6.20 Å². The molecule has 0 unspecified atom stereocenters. The monoisotopic (exact) mass is 313 g/mol. The van der Waals surface area contributed by atoms with Crippen molar-refractivity contribution in [1.82, 2.24) is 15.6 Å². The van der Waals surface area contributed by atoms with Crippen molar-refractivity contribution in [1.29, 1.82) is 0 Å². The average Bonchev–Trinajstić information content (AvgIpc) is 2.33. The lowest BCUT2D eigenvalue weighted by Gasteiger charge is -2.08. The van der Waals surface area contributed by atoms with E-state index in [4.69, 9.17) is 0 Å². The first-order chi connectivity index (χ1) is 8.49. The van der Waals surface area contributed by atoms with Gasteiger partial charge < -0.3 is 10.6 Å². The van der Waals surface area contributed by atoms with Crippen LogP contribution in [0.3, 0.4) is 0 Å². The van der Waals surface area contributed by atoms with E-state index in [1.54, 1.807) is 12.3 Å². The first kappa shape index (κ1) is 14.6. The lowest BCUT2D eigenvalue weighted by atomic mass is 10.2. The Bertz CT molecular complexity index is 435. The molecule has 0 fully saturated rings. The van der Waals surface area contributed by atoms with E-state index >= 15 is 0 Å². The van der Waals surface area contributed by atoms with Crippen molar-refractivity contribution < 1.29 is 9.59 Å². The third-order valence-corrected chi connectivity index (χ3v) is 2.52. The Kier molecular flexibility index (Phi) is 5.77. The number of carbonyl (C=O) groups is 2. The topological polar surface area (TPSA) is 71.1 Å². The third-order valence-electron chi connectivity index (χ3n) is 2.08. The van der Waals surface area contributed by atoms with Crippen LogP contribution in [0.15, 0.2) is 22.9 Å². The van der Waals surface area contributed by atoms with Crippen LogP contribution >= 0.6 is 15.9 Å². The van der Waals surface area contributed by atoms with Gasteiger partial charge in [0.1, 0.15) is 0 Å². The zero-order valence-corrected chi connectivity index (χ0v) is 12.0.